The standard InChI is InChI=1S/C11H10BrN3O2/c12-10-8(2-1-5-13-10)16-6-9-14-11(17-15-9)7-3-4-7/h1-2,5,7H,3-4,6H2. The minimum atomic E-state index is 0.292. The maximum Gasteiger partial charge on any atom is 0.229 e. The molecule has 0 amide bonds. The lowest BCUT2D eigenvalue weighted by Crippen LogP contribution is -1.98. The predicted molar refractivity (Wildman–Crippen MR) is 62.5 cm³/mol. The molecule has 0 aliphatic heterocycles. The Hall–Kier alpha value is -1.43. The molecule has 2 heterocycles. The van der Waals surface area contributed by atoms with E-state index in [0.717, 1.165) is 18.7 Å². The van der Waals surface area contributed by atoms with Crippen LogP contribution in [0.1, 0.15) is 30.5 Å². The summed E-state index contributed by atoms with van der Waals surface area (Å²) in [5.41, 5.74) is 0. The van der Waals surface area contributed by atoms with Crippen LogP contribution >= 0.6 is 15.9 Å². The third-order valence-corrected chi connectivity index (χ3v) is 3.09. The van der Waals surface area contributed by atoms with Crippen molar-refractivity contribution in [2.24, 2.45) is 0 Å². The summed E-state index contributed by atoms with van der Waals surface area (Å²) in [7, 11) is 0. The summed E-state index contributed by atoms with van der Waals surface area (Å²) in [5.74, 6) is 2.45. The molecule has 0 atom stereocenters. The van der Waals surface area contributed by atoms with E-state index in [1.54, 1.807) is 6.20 Å². The van der Waals surface area contributed by atoms with Crippen LogP contribution in [-0.2, 0) is 6.61 Å². The molecule has 88 valence electrons. The van der Waals surface area contributed by atoms with Crippen molar-refractivity contribution in [2.45, 2.75) is 25.4 Å². The molecule has 0 N–H and O–H groups in total. The average Bonchev–Trinajstić information content (AvgIpc) is 3.08. The summed E-state index contributed by atoms with van der Waals surface area (Å²) in [6, 6.07) is 3.64. The third-order valence-electron chi connectivity index (χ3n) is 2.49. The number of halogens is 1. The molecule has 2 aromatic heterocycles. The fourth-order valence-electron chi connectivity index (χ4n) is 1.44. The molecule has 5 nitrogen and oxygen atoms in total. The Labute approximate surface area is 106 Å². The van der Waals surface area contributed by atoms with E-state index >= 15 is 0 Å². The van der Waals surface area contributed by atoms with Crippen molar-refractivity contribution in [2.75, 3.05) is 0 Å². The summed E-state index contributed by atoms with van der Waals surface area (Å²) in [6.45, 7) is 0.292. The smallest absolute Gasteiger partial charge is 0.229 e. The van der Waals surface area contributed by atoms with Crippen LogP contribution < -0.4 is 4.74 Å². The van der Waals surface area contributed by atoms with Crippen LogP contribution in [-0.4, -0.2) is 15.1 Å². The highest BCUT2D eigenvalue weighted by molar-refractivity contribution is 9.10. The Bertz CT molecular complexity index is 525. The topological polar surface area (TPSA) is 61.0 Å². The SMILES string of the molecule is Brc1ncccc1OCc1noc(C2CC2)n1. The van der Waals surface area contributed by atoms with Gasteiger partial charge in [0.15, 0.2) is 12.4 Å². The lowest BCUT2D eigenvalue weighted by molar-refractivity contribution is 0.282. The molecule has 1 aliphatic rings. The minimum Gasteiger partial charge on any atom is -0.483 e. The van der Waals surface area contributed by atoms with Gasteiger partial charge in [0.1, 0.15) is 4.60 Å². The van der Waals surface area contributed by atoms with Crippen LogP contribution in [0.15, 0.2) is 27.5 Å². The average molecular weight is 296 g/mol. The second kappa shape index (κ2) is 4.44. The van der Waals surface area contributed by atoms with Crippen molar-refractivity contribution in [3.8, 4) is 5.75 Å². The molecule has 1 saturated carbocycles. The van der Waals surface area contributed by atoms with Gasteiger partial charge in [0.2, 0.25) is 11.7 Å². The highest BCUT2D eigenvalue weighted by Gasteiger charge is 2.29. The largest absolute Gasteiger partial charge is 0.483 e. The molecule has 0 spiro atoms. The Kier molecular flexibility index (Phi) is 2.80. The molecule has 3 rings (SSSR count). The predicted octanol–water partition coefficient (Wildman–Crippen LogP) is 2.68. The van der Waals surface area contributed by atoms with Crippen molar-refractivity contribution in [1.29, 1.82) is 0 Å². The zero-order valence-corrected chi connectivity index (χ0v) is 10.6. The summed E-state index contributed by atoms with van der Waals surface area (Å²) in [6.07, 6.45) is 3.99. The van der Waals surface area contributed by atoms with Crippen LogP contribution in [0.5, 0.6) is 5.75 Å². The second-order valence-corrected chi connectivity index (χ2v) is 4.66. The van der Waals surface area contributed by atoms with Gasteiger partial charge >= 0.3 is 0 Å². The number of hydrogen-bond acceptors (Lipinski definition) is 5. The number of pyridine rings is 1. The fourth-order valence-corrected chi connectivity index (χ4v) is 1.81. The van der Waals surface area contributed by atoms with E-state index in [2.05, 4.69) is 31.1 Å². The molecule has 1 aliphatic carbocycles. The van der Waals surface area contributed by atoms with Gasteiger partial charge in [-0.25, -0.2) is 4.98 Å². The van der Waals surface area contributed by atoms with E-state index in [9.17, 15) is 0 Å². The van der Waals surface area contributed by atoms with Gasteiger partial charge in [-0.2, -0.15) is 4.98 Å². The first kappa shape index (κ1) is 10.7. The normalized spacial score (nSPS) is 14.9. The third kappa shape index (κ3) is 2.46. The minimum absolute atomic E-state index is 0.292. The Morgan fingerprint density at radius 1 is 1.47 bits per heavy atom. The lowest BCUT2D eigenvalue weighted by Gasteiger charge is -2.03. The molecule has 0 radical (unpaired) electrons. The molecule has 17 heavy (non-hydrogen) atoms. The summed E-state index contributed by atoms with van der Waals surface area (Å²) in [4.78, 5) is 8.34. The van der Waals surface area contributed by atoms with Gasteiger partial charge in [-0.05, 0) is 40.9 Å². The summed E-state index contributed by atoms with van der Waals surface area (Å²) in [5, 5.41) is 3.88. The highest BCUT2D eigenvalue weighted by Crippen LogP contribution is 2.38. The van der Waals surface area contributed by atoms with Crippen molar-refractivity contribution in [1.82, 2.24) is 15.1 Å². The maximum atomic E-state index is 5.54. The van der Waals surface area contributed by atoms with Crippen molar-refractivity contribution < 1.29 is 9.26 Å². The van der Waals surface area contributed by atoms with Gasteiger partial charge in [-0.3, -0.25) is 0 Å². The number of nitrogens with zero attached hydrogens (tertiary/aromatic N) is 3. The molecule has 0 bridgehead atoms. The van der Waals surface area contributed by atoms with Crippen molar-refractivity contribution >= 4 is 15.9 Å². The molecule has 0 saturated heterocycles. The molecular weight excluding hydrogens is 286 g/mol. The monoisotopic (exact) mass is 295 g/mol. The first-order valence-electron chi connectivity index (χ1n) is 5.39. The van der Waals surface area contributed by atoms with E-state index in [1.165, 1.54) is 0 Å². The molecular formula is C11H10BrN3O2. The van der Waals surface area contributed by atoms with E-state index in [4.69, 9.17) is 9.26 Å². The molecule has 6 heteroatoms. The zero-order chi connectivity index (χ0) is 11.7. The Morgan fingerprint density at radius 3 is 3.12 bits per heavy atom. The van der Waals surface area contributed by atoms with Crippen molar-refractivity contribution in [3.05, 3.63) is 34.6 Å². The lowest BCUT2D eigenvalue weighted by atomic mass is 10.4. The summed E-state index contributed by atoms with van der Waals surface area (Å²) < 4.78 is 11.4. The van der Waals surface area contributed by atoms with E-state index < -0.39 is 0 Å². The van der Waals surface area contributed by atoms with E-state index in [0.29, 0.717) is 28.7 Å². The molecule has 2 aromatic rings. The highest BCUT2D eigenvalue weighted by atomic mass is 79.9. The van der Waals surface area contributed by atoms with Gasteiger partial charge in [-0.15, -0.1) is 0 Å². The van der Waals surface area contributed by atoms with Crippen LogP contribution in [0, 0.1) is 0 Å². The fraction of sp³-hybridized carbons (Fsp3) is 0.364. The molecule has 1 fully saturated rings. The first-order valence-corrected chi connectivity index (χ1v) is 6.18. The van der Waals surface area contributed by atoms with Crippen LogP contribution in [0.3, 0.4) is 0 Å². The maximum absolute atomic E-state index is 5.54. The molecule has 0 unspecified atom stereocenters. The van der Waals surface area contributed by atoms with Crippen LogP contribution in [0.25, 0.3) is 0 Å². The number of ether oxygens (including phenoxy) is 1. The van der Waals surface area contributed by atoms with Gasteiger partial charge in [-0.1, -0.05) is 5.16 Å². The van der Waals surface area contributed by atoms with Gasteiger partial charge < -0.3 is 9.26 Å². The molecule has 0 aromatic carbocycles. The van der Waals surface area contributed by atoms with Crippen LogP contribution in [0.4, 0.5) is 0 Å². The van der Waals surface area contributed by atoms with Crippen LogP contribution in [0.2, 0.25) is 0 Å². The van der Waals surface area contributed by atoms with Gasteiger partial charge in [0, 0.05) is 12.1 Å². The quantitative estimate of drug-likeness (QED) is 0.812. The van der Waals surface area contributed by atoms with E-state index in [-0.39, 0.29) is 0 Å². The Balaban J connectivity index is 1.65. The van der Waals surface area contributed by atoms with Gasteiger partial charge in [0.05, 0.1) is 0 Å². The number of aromatic nitrogens is 3. The summed E-state index contributed by atoms with van der Waals surface area (Å²) >= 11 is 3.31. The van der Waals surface area contributed by atoms with Gasteiger partial charge in [0.25, 0.3) is 0 Å². The first-order chi connectivity index (χ1) is 8.33. The Morgan fingerprint density at radius 2 is 2.35 bits per heavy atom. The zero-order valence-electron chi connectivity index (χ0n) is 8.97. The second-order valence-electron chi connectivity index (χ2n) is 3.90. The number of rotatable bonds is 4. The number of hydrogen-bond donors (Lipinski definition) is 0. The van der Waals surface area contributed by atoms with E-state index in [1.807, 2.05) is 12.1 Å². The van der Waals surface area contributed by atoms with Crippen molar-refractivity contribution in [3.63, 3.8) is 0 Å².